The Balaban J connectivity index is 0.000000120. The number of sulfone groups is 1. The Labute approximate surface area is 818 Å². The van der Waals surface area contributed by atoms with Crippen LogP contribution >= 0.6 is 0 Å². The number of aryl methyl sites for hydroxylation is 1. The fraction of sp³-hybridized carbons (Fsp3) is 0.495. The average molecular weight is 1950 g/mol. The summed E-state index contributed by atoms with van der Waals surface area (Å²) >= 11 is 0. The topological polar surface area (TPSA) is 452 Å². The number of aromatic nitrogens is 10. The van der Waals surface area contributed by atoms with Gasteiger partial charge in [0.1, 0.15) is 45.3 Å². The summed E-state index contributed by atoms with van der Waals surface area (Å²) in [5.41, 5.74) is 15.8. The van der Waals surface area contributed by atoms with E-state index in [0.717, 1.165) is 200 Å². The van der Waals surface area contributed by atoms with Gasteiger partial charge in [0, 0.05) is 183 Å². The van der Waals surface area contributed by atoms with Crippen molar-refractivity contribution in [2.45, 2.75) is 134 Å². The van der Waals surface area contributed by atoms with E-state index < -0.39 is 9.84 Å². The van der Waals surface area contributed by atoms with Gasteiger partial charge < -0.3 is 110 Å². The molecule has 4 atom stereocenters. The minimum atomic E-state index is -3.03. The van der Waals surface area contributed by atoms with E-state index in [9.17, 15) is 37.2 Å². The number of nitrogens with one attached hydrogen (secondary N) is 8. The van der Waals surface area contributed by atoms with E-state index in [1.54, 1.807) is 6.33 Å². The van der Waals surface area contributed by atoms with Crippen molar-refractivity contribution in [1.82, 2.24) is 85.8 Å². The molecule has 0 bridgehead atoms. The molecule has 4 aromatic carbocycles. The van der Waals surface area contributed by atoms with Gasteiger partial charge in [-0.15, -0.1) is 0 Å². The standard InChI is InChI=1S/C27H32N8O3.C24H34N6O4S.2C24H28N6O4/c1-17-11-24(29-16-28-17)34-8-7-22-23(12-34)32-25(33-26(22)35-9-10-37-13-18(35)2)19-3-5-20(6-4-19)30-27(36)31-21-14-38-15-21;1-4-25-24(31)26-19-7-5-18(6-8-19)22-27-21-15-29(12-14-35(3,32)33)10-9-20(21)23(28-22)30-11-13-34-16-17(30)2;2*31-20-6-5-19-21-18(7-8-30(19)20)23(29-9-11-33-12-10-29)28-22(27-21)15-1-3-16(4-2-15)25-24(32)26-17-13-34-14-17/h3-6,11,16,18,21H,7-10,12-15H2,1-2H3,(H2,30,31,36);5-8,17H,4,9-16H2,1-3H3,(H2,25,26,31);2*1-4,17,19H,5-14H2,(H2,25,26,32)/t18-;17-;2*19-/m0010/s1. The second-order valence-electron chi connectivity index (χ2n) is 37.4. The van der Waals surface area contributed by atoms with Gasteiger partial charge in [0.25, 0.3) is 0 Å². The largest absolute Gasteiger partial charge is 0.378 e. The van der Waals surface area contributed by atoms with Crippen LogP contribution in [0.2, 0.25) is 0 Å². The first-order valence-corrected chi connectivity index (χ1v) is 51.0. The molecule has 0 unspecified atom stereocenters. The van der Waals surface area contributed by atoms with Gasteiger partial charge in [0.15, 0.2) is 23.3 Å². The van der Waals surface area contributed by atoms with Crippen molar-refractivity contribution in [2.75, 3.05) is 229 Å². The van der Waals surface area contributed by atoms with E-state index in [1.165, 1.54) is 11.8 Å². The lowest BCUT2D eigenvalue weighted by Gasteiger charge is -2.38. The number of fused-ring (bicyclic) bond motifs is 8. The minimum Gasteiger partial charge on any atom is -0.378 e. The van der Waals surface area contributed by atoms with E-state index in [4.69, 9.17) is 73.0 Å². The summed E-state index contributed by atoms with van der Waals surface area (Å²) in [6, 6.07) is 32.0. The van der Waals surface area contributed by atoms with Crippen molar-refractivity contribution in [3.63, 3.8) is 0 Å². The molecule has 13 aliphatic rings. The Hall–Kier alpha value is -13.1. The molecule has 10 amide bonds. The van der Waals surface area contributed by atoms with E-state index in [2.05, 4.69) is 95.7 Å². The highest BCUT2D eigenvalue weighted by Crippen LogP contribution is 2.45. The lowest BCUT2D eigenvalue weighted by molar-refractivity contribution is -0.130. The Morgan fingerprint density at radius 2 is 0.780 bits per heavy atom. The highest BCUT2D eigenvalue weighted by atomic mass is 32.2. The third kappa shape index (κ3) is 23.2. The molecular formula is C99H122N26O15S. The normalized spacial score (nSPS) is 20.6. The summed E-state index contributed by atoms with van der Waals surface area (Å²) < 4.78 is 61.1. The predicted molar refractivity (Wildman–Crippen MR) is 529 cm³/mol. The zero-order valence-corrected chi connectivity index (χ0v) is 81.0. The first-order chi connectivity index (χ1) is 68.6. The molecule has 0 spiro atoms. The number of anilines is 9. The van der Waals surface area contributed by atoms with Crippen molar-refractivity contribution >= 4 is 97.6 Å². The van der Waals surface area contributed by atoms with Gasteiger partial charge in [-0.1, -0.05) is 0 Å². The summed E-state index contributed by atoms with van der Waals surface area (Å²) in [4.78, 5) is 139. The van der Waals surface area contributed by atoms with Crippen LogP contribution in [0.15, 0.2) is 109 Å². The molecule has 13 aliphatic heterocycles. The molecule has 0 aliphatic carbocycles. The molecule has 5 aromatic heterocycles. The van der Waals surface area contributed by atoms with Crippen molar-refractivity contribution in [3.05, 3.63) is 160 Å². The van der Waals surface area contributed by atoms with Crippen molar-refractivity contribution in [3.8, 4) is 45.6 Å². The summed E-state index contributed by atoms with van der Waals surface area (Å²) in [7, 11) is -3.03. The van der Waals surface area contributed by atoms with Crippen LogP contribution in [-0.4, -0.2) is 322 Å². The molecule has 18 heterocycles. The van der Waals surface area contributed by atoms with Crippen LogP contribution in [-0.2, 0) is 91.4 Å². The Kier molecular flexibility index (Phi) is 30.2. The average Bonchev–Trinajstić information content (AvgIpc) is 1.76. The maximum absolute atomic E-state index is 12.4. The van der Waals surface area contributed by atoms with Gasteiger partial charge in [-0.2, -0.15) is 0 Å². The summed E-state index contributed by atoms with van der Waals surface area (Å²) in [6.45, 7) is 26.9. The molecule has 744 valence electrons. The van der Waals surface area contributed by atoms with Gasteiger partial charge in [0.2, 0.25) is 11.8 Å². The van der Waals surface area contributed by atoms with Crippen LogP contribution < -0.4 is 67.0 Å². The first kappa shape index (κ1) is 96.8. The lowest BCUT2D eigenvalue weighted by Crippen LogP contribution is -2.49. The first-order valence-electron chi connectivity index (χ1n) is 49.0. The smallest absolute Gasteiger partial charge is 0.319 e. The number of hydrogen-bond acceptors (Lipinski definition) is 31. The summed E-state index contributed by atoms with van der Waals surface area (Å²) in [5, 5.41) is 22.7. The molecule has 9 saturated heterocycles. The Morgan fingerprint density at radius 1 is 0.397 bits per heavy atom. The number of morpholine rings is 4. The molecule has 141 heavy (non-hydrogen) atoms. The Morgan fingerprint density at radius 3 is 1.17 bits per heavy atom. The van der Waals surface area contributed by atoms with Crippen LogP contribution in [0.25, 0.3) is 45.6 Å². The van der Waals surface area contributed by atoms with E-state index in [-0.39, 0.29) is 84.0 Å². The molecule has 8 N–H and O–H groups in total. The number of amides is 10. The van der Waals surface area contributed by atoms with Crippen molar-refractivity contribution in [2.24, 2.45) is 0 Å². The molecule has 0 radical (unpaired) electrons. The van der Waals surface area contributed by atoms with Gasteiger partial charge in [-0.3, -0.25) is 14.5 Å². The number of ether oxygens (including phenoxy) is 7. The number of carbonyl (C=O) groups is 6. The highest BCUT2D eigenvalue weighted by molar-refractivity contribution is 7.90. The van der Waals surface area contributed by atoms with Crippen LogP contribution in [0, 0.1) is 6.92 Å². The van der Waals surface area contributed by atoms with Crippen LogP contribution in [0.1, 0.15) is 109 Å². The highest BCUT2D eigenvalue weighted by Gasteiger charge is 2.43. The Bertz CT molecular complexity index is 5960. The second kappa shape index (κ2) is 44.0. The summed E-state index contributed by atoms with van der Waals surface area (Å²) in [6.07, 6.45) is 8.79. The van der Waals surface area contributed by atoms with Gasteiger partial charge >= 0.3 is 24.1 Å². The van der Waals surface area contributed by atoms with Gasteiger partial charge in [0.05, 0.1) is 170 Å². The van der Waals surface area contributed by atoms with Gasteiger partial charge in [-0.25, -0.2) is 77.4 Å². The number of carbonyl (C=O) groups excluding carboxylic acids is 6. The van der Waals surface area contributed by atoms with Crippen LogP contribution in [0.4, 0.5) is 71.0 Å². The molecular weight excluding hydrogens is 1830 g/mol. The monoisotopic (exact) mass is 1950 g/mol. The lowest BCUT2D eigenvalue weighted by atomic mass is 9.97. The minimum absolute atomic E-state index is 0.0258. The van der Waals surface area contributed by atoms with Crippen LogP contribution in [0.3, 0.4) is 0 Å². The zero-order chi connectivity index (χ0) is 97.2. The molecule has 41 nitrogen and oxygen atoms in total. The SMILES string of the molecule is CCNC(=O)Nc1ccc(-c2nc3c(c(N4CCOC[C@@H]4C)n2)CCN(CCS(C)(=O)=O)C3)cc1.Cc1cc(N2CCc3c(nc(-c4ccc(NC(=O)NC5COC5)cc4)nc3N3CCOC[C@@H]3C)C2)ncn1.O=C(Nc1ccc(-c2nc3c(c(N4CCOCC4)n2)CCN2C(=O)CC[C@@H]32)cc1)NC1COC1.O=C(Nc1ccc(-c2nc3c(c(N4CCOCC4)n2)CCN2C(=O)CC[C@H]32)cc1)NC1COC1. The summed E-state index contributed by atoms with van der Waals surface area (Å²) in [5.74, 6) is 7.90. The van der Waals surface area contributed by atoms with Crippen molar-refractivity contribution < 1.29 is 70.3 Å². The third-order valence-electron chi connectivity index (χ3n) is 27.3. The molecule has 22 rings (SSSR count). The number of hydrogen-bond donors (Lipinski definition) is 8. The fourth-order valence-electron chi connectivity index (χ4n) is 19.5. The maximum Gasteiger partial charge on any atom is 0.319 e. The zero-order valence-electron chi connectivity index (χ0n) is 80.2. The molecule has 42 heteroatoms. The predicted octanol–water partition coefficient (Wildman–Crippen LogP) is 7.90. The number of nitrogens with zero attached hydrogens (tertiary/aromatic N) is 18. The molecule has 9 fully saturated rings. The van der Waals surface area contributed by atoms with Crippen molar-refractivity contribution in [1.29, 1.82) is 0 Å². The molecule has 9 aromatic rings. The third-order valence-corrected chi connectivity index (χ3v) is 28.3. The van der Waals surface area contributed by atoms with E-state index >= 15 is 0 Å². The quantitative estimate of drug-likeness (QED) is 0.0359. The number of benzene rings is 4. The number of urea groups is 4. The second-order valence-corrected chi connectivity index (χ2v) is 39.7. The van der Waals surface area contributed by atoms with Crippen LogP contribution in [0.5, 0.6) is 0 Å². The fourth-order valence-corrected chi connectivity index (χ4v) is 20.1. The maximum atomic E-state index is 12.4. The number of rotatable bonds is 20. The van der Waals surface area contributed by atoms with Gasteiger partial charge in [-0.05, 0) is 163 Å². The van der Waals surface area contributed by atoms with E-state index in [1.807, 2.05) is 127 Å². The molecule has 0 saturated carbocycles. The van der Waals surface area contributed by atoms with E-state index in [0.29, 0.717) is 178 Å².